The number of nitrogens with zero attached hydrogens (tertiary/aromatic N) is 8. The monoisotopic (exact) mass is 902 g/mol. The molecule has 3 aromatic carbocycles. The Bertz CT molecular complexity index is 2690. The van der Waals surface area contributed by atoms with Gasteiger partial charge < -0.3 is 20.4 Å². The molecule has 21 heteroatoms. The van der Waals surface area contributed by atoms with Gasteiger partial charge in [0.1, 0.15) is 59.6 Å². The summed E-state index contributed by atoms with van der Waals surface area (Å²) in [6, 6.07) is 9.70. The van der Waals surface area contributed by atoms with Crippen LogP contribution in [0.5, 0.6) is 0 Å². The SMILES string of the molecule is CCc1ncc(N(C)C(=O)C(Cc2cc(F)cc(F)c2)NC(=O)CN2c3ccccc3N(CC(=O)NC3(C(=O)N(C)c4cnc(CC)nc4)C[C@@H]3c3cc(F)cc(F)c3)S2(=O)=O)cn1. The maximum Gasteiger partial charge on any atom is 0.327 e. The van der Waals surface area contributed by atoms with Crippen LogP contribution >= 0.6 is 0 Å². The lowest BCUT2D eigenvalue weighted by Crippen LogP contribution is -2.54. The zero-order valence-corrected chi connectivity index (χ0v) is 35.7. The van der Waals surface area contributed by atoms with Crippen molar-refractivity contribution < 1.29 is 45.2 Å². The lowest BCUT2D eigenvalue weighted by atomic mass is 10.0. The van der Waals surface area contributed by atoms with E-state index in [1.807, 2.05) is 13.8 Å². The zero-order chi connectivity index (χ0) is 46.1. The molecule has 2 N–H and O–H groups in total. The number of aromatic nitrogens is 4. The van der Waals surface area contributed by atoms with Crippen molar-refractivity contribution in [2.45, 2.75) is 57.0 Å². The topological polar surface area (TPSA) is 191 Å². The Hall–Kier alpha value is -7.03. The zero-order valence-electron chi connectivity index (χ0n) is 34.9. The number of likely N-dealkylation sites (N-methyl/N-ethyl adjacent to an activating group) is 2. The molecule has 0 saturated heterocycles. The van der Waals surface area contributed by atoms with Gasteiger partial charge in [-0.25, -0.2) is 46.1 Å². The highest BCUT2D eigenvalue weighted by Gasteiger charge is 2.63. The van der Waals surface area contributed by atoms with Crippen molar-refractivity contribution in [3.63, 3.8) is 0 Å². The number of benzene rings is 3. The predicted octanol–water partition coefficient (Wildman–Crippen LogP) is 3.92. The minimum absolute atomic E-state index is 0.00576. The van der Waals surface area contributed by atoms with E-state index in [0.717, 1.165) is 37.8 Å². The third-order valence-corrected chi connectivity index (χ3v) is 12.7. The molecular formula is C43H42F4N10O6S. The molecule has 64 heavy (non-hydrogen) atoms. The molecule has 2 aromatic heterocycles. The van der Waals surface area contributed by atoms with E-state index in [1.165, 1.54) is 68.0 Å². The van der Waals surface area contributed by atoms with E-state index < -0.39 is 94.1 Å². The van der Waals surface area contributed by atoms with Crippen LogP contribution in [0.1, 0.15) is 49.0 Å². The Morgan fingerprint density at radius 1 is 0.734 bits per heavy atom. The molecular weight excluding hydrogens is 861 g/mol. The molecule has 1 aliphatic carbocycles. The summed E-state index contributed by atoms with van der Waals surface area (Å²) in [5, 5.41) is 5.17. The number of fused-ring (bicyclic) bond motifs is 1. The highest BCUT2D eigenvalue weighted by molar-refractivity contribution is 7.94. The smallest absolute Gasteiger partial charge is 0.327 e. The maximum absolute atomic E-state index is 14.4. The third kappa shape index (κ3) is 9.19. The number of aryl methyl sites for hydroxylation is 2. The second-order valence-corrected chi connectivity index (χ2v) is 17.1. The van der Waals surface area contributed by atoms with Crippen molar-refractivity contribution in [3.05, 3.63) is 131 Å². The predicted molar refractivity (Wildman–Crippen MR) is 226 cm³/mol. The minimum atomic E-state index is -4.74. The second-order valence-electron chi connectivity index (χ2n) is 15.3. The fourth-order valence-electron chi connectivity index (χ4n) is 7.60. The summed E-state index contributed by atoms with van der Waals surface area (Å²) >= 11 is 0. The van der Waals surface area contributed by atoms with Crippen molar-refractivity contribution in [2.24, 2.45) is 0 Å². The van der Waals surface area contributed by atoms with Gasteiger partial charge in [-0.05, 0) is 53.9 Å². The molecule has 0 radical (unpaired) electrons. The van der Waals surface area contributed by atoms with Gasteiger partial charge >= 0.3 is 10.2 Å². The molecule has 2 unspecified atom stereocenters. The molecule has 3 atom stereocenters. The molecule has 4 amide bonds. The van der Waals surface area contributed by atoms with Crippen molar-refractivity contribution >= 4 is 56.6 Å². The van der Waals surface area contributed by atoms with Gasteiger partial charge in [-0.1, -0.05) is 26.0 Å². The summed E-state index contributed by atoms with van der Waals surface area (Å²) in [5.74, 6) is -6.94. The van der Waals surface area contributed by atoms with Crippen molar-refractivity contribution in [3.8, 4) is 0 Å². The van der Waals surface area contributed by atoms with Gasteiger partial charge in [0.25, 0.3) is 5.91 Å². The average molecular weight is 903 g/mol. The average Bonchev–Trinajstić information content (AvgIpc) is 3.95. The molecule has 2 aliphatic rings. The molecule has 7 rings (SSSR count). The van der Waals surface area contributed by atoms with Crippen LogP contribution in [0, 0.1) is 23.3 Å². The first kappa shape index (κ1) is 45.0. The molecule has 1 fully saturated rings. The molecule has 3 heterocycles. The Morgan fingerprint density at radius 3 is 1.70 bits per heavy atom. The van der Waals surface area contributed by atoms with Gasteiger partial charge in [-0.15, -0.1) is 0 Å². The van der Waals surface area contributed by atoms with E-state index >= 15 is 0 Å². The van der Waals surface area contributed by atoms with Crippen LogP contribution in [0.4, 0.5) is 40.3 Å². The van der Waals surface area contributed by atoms with Crippen LogP contribution in [0.25, 0.3) is 0 Å². The lowest BCUT2D eigenvalue weighted by Gasteiger charge is -2.27. The van der Waals surface area contributed by atoms with Crippen LogP contribution < -0.4 is 29.0 Å². The number of carbonyl (C=O) groups is 4. The summed E-state index contributed by atoms with van der Waals surface area (Å²) in [6.45, 7) is 1.88. The first-order chi connectivity index (χ1) is 30.4. The fourth-order valence-corrected chi connectivity index (χ4v) is 9.20. The van der Waals surface area contributed by atoms with E-state index in [4.69, 9.17) is 0 Å². The van der Waals surface area contributed by atoms with Crippen molar-refractivity contribution in [1.29, 1.82) is 0 Å². The highest BCUT2D eigenvalue weighted by Crippen LogP contribution is 2.53. The first-order valence-electron chi connectivity index (χ1n) is 20.0. The summed E-state index contributed by atoms with van der Waals surface area (Å²) in [6.07, 6.45) is 6.16. The van der Waals surface area contributed by atoms with E-state index in [9.17, 15) is 45.2 Å². The molecule has 5 aromatic rings. The summed E-state index contributed by atoms with van der Waals surface area (Å²) < 4.78 is 87.4. The second kappa shape index (κ2) is 18.0. The standard InChI is InChI=1S/C43H42F4N10O6S/c1-5-37-48-19-31(20-49-37)54(3)41(60)34(13-25-11-27(44)16-28(45)12-25)52-39(58)23-56-35-9-7-8-10-36(35)57(64(56,62)63)24-40(59)53-43(18-33(43)26-14-29(46)17-30(47)15-26)42(61)55(4)32-21-50-38(6-2)51-22-32/h7-12,14-17,19-22,33-34H,5-6,13,18,23-24H2,1-4H3,(H,52,58)(H,53,59)/t33-,34?,43?/m1/s1. The number of hydrogen-bond donors (Lipinski definition) is 2. The number of halogens is 4. The third-order valence-electron chi connectivity index (χ3n) is 11.0. The van der Waals surface area contributed by atoms with Gasteiger partial charge in [-0.2, -0.15) is 8.42 Å². The quantitative estimate of drug-likeness (QED) is 0.146. The largest absolute Gasteiger partial charge is 0.342 e. The lowest BCUT2D eigenvalue weighted by molar-refractivity contribution is -0.127. The summed E-state index contributed by atoms with van der Waals surface area (Å²) in [5.41, 5.74) is -1.19. The molecule has 16 nitrogen and oxygen atoms in total. The van der Waals surface area contributed by atoms with Crippen LogP contribution in [0.3, 0.4) is 0 Å². The molecule has 0 bridgehead atoms. The van der Waals surface area contributed by atoms with E-state index in [-0.39, 0.29) is 40.3 Å². The number of carbonyl (C=O) groups excluding carboxylic acids is 4. The summed E-state index contributed by atoms with van der Waals surface area (Å²) in [7, 11) is -1.95. The fraction of sp³-hybridized carbons (Fsp3) is 0.302. The Kier molecular flexibility index (Phi) is 12.6. The molecule has 334 valence electrons. The minimum Gasteiger partial charge on any atom is -0.342 e. The number of rotatable bonds is 15. The van der Waals surface area contributed by atoms with E-state index in [0.29, 0.717) is 36.6 Å². The van der Waals surface area contributed by atoms with Gasteiger partial charge in [0.15, 0.2) is 0 Å². The molecule has 1 saturated carbocycles. The number of anilines is 4. The van der Waals surface area contributed by atoms with E-state index in [2.05, 4.69) is 30.6 Å². The summed E-state index contributed by atoms with van der Waals surface area (Å²) in [4.78, 5) is 75.2. The van der Waals surface area contributed by atoms with Crippen LogP contribution in [0.15, 0.2) is 85.5 Å². The Labute approximate surface area is 365 Å². The number of amides is 4. The van der Waals surface area contributed by atoms with Crippen LogP contribution in [-0.2, 0) is 48.6 Å². The Balaban J connectivity index is 1.13. The first-order valence-corrected chi connectivity index (χ1v) is 21.4. The maximum atomic E-state index is 14.4. The van der Waals surface area contributed by atoms with Crippen molar-refractivity contribution in [2.75, 3.05) is 45.6 Å². The van der Waals surface area contributed by atoms with Gasteiger partial charge in [0.05, 0.1) is 47.5 Å². The van der Waals surface area contributed by atoms with Crippen LogP contribution in [0.2, 0.25) is 0 Å². The van der Waals surface area contributed by atoms with Crippen molar-refractivity contribution in [1.82, 2.24) is 30.6 Å². The molecule has 1 aliphatic heterocycles. The van der Waals surface area contributed by atoms with Crippen LogP contribution in [-0.4, -0.2) is 90.7 Å². The molecule has 0 spiro atoms. The van der Waals surface area contributed by atoms with Gasteiger partial charge in [-0.3, -0.25) is 19.2 Å². The number of hydrogen-bond acceptors (Lipinski definition) is 10. The highest BCUT2D eigenvalue weighted by atomic mass is 32.2. The normalized spacial score (nSPS) is 17.6. The Morgan fingerprint density at radius 2 is 1.20 bits per heavy atom. The number of para-hydroxylation sites is 2. The van der Waals surface area contributed by atoms with E-state index in [1.54, 1.807) is 0 Å². The number of nitrogens with one attached hydrogen (secondary N) is 2. The van der Waals surface area contributed by atoms with Gasteiger partial charge in [0, 0.05) is 51.4 Å². The van der Waals surface area contributed by atoms with Gasteiger partial charge in [0.2, 0.25) is 17.7 Å².